The maximum atomic E-state index is 13.2. The fourth-order valence-electron chi connectivity index (χ4n) is 3.27. The molecular formula is C20H22Cl2F3N5O2. The highest BCUT2D eigenvalue weighted by atomic mass is 35.5. The first-order valence-corrected chi connectivity index (χ1v) is 10.6. The quantitative estimate of drug-likeness (QED) is 0.559. The van der Waals surface area contributed by atoms with E-state index in [2.05, 4.69) is 20.6 Å². The second-order valence-corrected chi connectivity index (χ2v) is 8.37. The van der Waals surface area contributed by atoms with Gasteiger partial charge in [0.1, 0.15) is 0 Å². The van der Waals surface area contributed by atoms with Crippen molar-refractivity contribution in [3.63, 3.8) is 0 Å². The molecule has 1 aromatic heterocycles. The Balaban J connectivity index is 1.75. The van der Waals surface area contributed by atoms with Gasteiger partial charge in [-0.05, 0) is 36.6 Å². The van der Waals surface area contributed by atoms with Crippen LogP contribution in [0.1, 0.15) is 36.2 Å². The van der Waals surface area contributed by atoms with E-state index < -0.39 is 24.7 Å². The van der Waals surface area contributed by atoms with Crippen molar-refractivity contribution in [2.75, 3.05) is 18.5 Å². The summed E-state index contributed by atoms with van der Waals surface area (Å²) in [4.78, 5) is 22.8. The predicted octanol–water partition coefficient (Wildman–Crippen LogP) is 4.34. The molecule has 2 heterocycles. The maximum Gasteiger partial charge on any atom is 0.391 e. The van der Waals surface area contributed by atoms with Gasteiger partial charge in [-0.25, -0.2) is 14.8 Å². The van der Waals surface area contributed by atoms with Crippen LogP contribution in [0.15, 0.2) is 24.4 Å². The fraction of sp³-hybridized carbons (Fsp3) is 0.450. The molecule has 1 aliphatic rings. The number of carbonyl (C=O) groups is 1. The van der Waals surface area contributed by atoms with E-state index in [9.17, 15) is 18.0 Å². The number of aromatic nitrogens is 2. The number of rotatable bonds is 6. The average molecular weight is 492 g/mol. The highest BCUT2D eigenvalue weighted by Crippen LogP contribution is 2.33. The summed E-state index contributed by atoms with van der Waals surface area (Å²) >= 11 is 11.8. The van der Waals surface area contributed by atoms with Crippen LogP contribution in [0.2, 0.25) is 10.0 Å². The van der Waals surface area contributed by atoms with Crippen LogP contribution in [0.4, 0.5) is 23.9 Å². The number of aliphatic hydroxyl groups excluding tert-OH is 1. The number of anilines is 1. The van der Waals surface area contributed by atoms with Crippen molar-refractivity contribution < 1.29 is 23.1 Å². The number of aliphatic hydroxyl groups is 1. The largest absolute Gasteiger partial charge is 0.394 e. The molecule has 174 valence electrons. The predicted molar refractivity (Wildman–Crippen MR) is 115 cm³/mol. The van der Waals surface area contributed by atoms with E-state index in [-0.39, 0.29) is 34.8 Å². The molecular weight excluding hydrogens is 470 g/mol. The molecule has 2 amide bonds. The van der Waals surface area contributed by atoms with Gasteiger partial charge in [0.25, 0.3) is 0 Å². The maximum absolute atomic E-state index is 13.2. The number of halogens is 5. The zero-order valence-electron chi connectivity index (χ0n) is 17.1. The lowest BCUT2D eigenvalue weighted by Gasteiger charge is -2.30. The highest BCUT2D eigenvalue weighted by molar-refractivity contribution is 6.42. The van der Waals surface area contributed by atoms with Gasteiger partial charge in [-0.15, -0.1) is 0 Å². The van der Waals surface area contributed by atoms with E-state index in [0.717, 1.165) is 5.56 Å². The lowest BCUT2D eigenvalue weighted by Crippen LogP contribution is -2.45. The van der Waals surface area contributed by atoms with Gasteiger partial charge in [0.15, 0.2) is 0 Å². The molecule has 1 aliphatic heterocycles. The second-order valence-electron chi connectivity index (χ2n) is 7.56. The summed E-state index contributed by atoms with van der Waals surface area (Å²) in [5.74, 6) is 0.304. The molecule has 3 rings (SSSR count). The van der Waals surface area contributed by atoms with E-state index in [1.165, 1.54) is 23.1 Å². The number of urea groups is 1. The molecule has 32 heavy (non-hydrogen) atoms. The molecule has 0 spiro atoms. The first-order chi connectivity index (χ1) is 15.1. The number of alkyl halides is 3. The summed E-state index contributed by atoms with van der Waals surface area (Å²) in [6, 6.07) is 1.89. The Morgan fingerprint density at radius 2 is 2.06 bits per heavy atom. The van der Waals surface area contributed by atoms with Crippen molar-refractivity contribution in [3.8, 4) is 0 Å². The van der Waals surface area contributed by atoms with E-state index in [1.54, 1.807) is 13.1 Å². The first kappa shape index (κ1) is 24.3. The van der Waals surface area contributed by atoms with Crippen LogP contribution in [-0.2, 0) is 13.0 Å². The minimum Gasteiger partial charge on any atom is -0.394 e. The van der Waals surface area contributed by atoms with Crippen LogP contribution in [0.3, 0.4) is 0 Å². The Hall–Kier alpha value is -2.30. The first-order valence-electron chi connectivity index (χ1n) is 9.85. The molecule has 3 N–H and O–H groups in total. The van der Waals surface area contributed by atoms with Gasteiger partial charge in [0, 0.05) is 18.8 Å². The molecule has 7 nitrogen and oxygen atoms in total. The monoisotopic (exact) mass is 491 g/mol. The number of nitrogens with zero attached hydrogens (tertiary/aromatic N) is 3. The van der Waals surface area contributed by atoms with Crippen molar-refractivity contribution in [2.45, 2.75) is 44.6 Å². The van der Waals surface area contributed by atoms with E-state index >= 15 is 0 Å². The van der Waals surface area contributed by atoms with E-state index in [4.69, 9.17) is 28.3 Å². The number of hydrogen-bond acceptors (Lipinski definition) is 5. The Bertz CT molecular complexity index is 977. The molecule has 12 heteroatoms. The van der Waals surface area contributed by atoms with Gasteiger partial charge >= 0.3 is 12.2 Å². The highest BCUT2D eigenvalue weighted by Gasteiger charge is 2.35. The third-order valence-electron chi connectivity index (χ3n) is 4.96. The summed E-state index contributed by atoms with van der Waals surface area (Å²) < 4.78 is 39.5. The van der Waals surface area contributed by atoms with Crippen molar-refractivity contribution in [2.24, 2.45) is 0 Å². The molecule has 0 bridgehead atoms. The number of benzene rings is 1. The van der Waals surface area contributed by atoms with Crippen LogP contribution in [-0.4, -0.2) is 51.4 Å². The van der Waals surface area contributed by atoms with Gasteiger partial charge in [-0.3, -0.25) is 0 Å². The molecule has 1 aromatic carbocycles. The number of fused-ring (bicyclic) bond motifs is 1. The van der Waals surface area contributed by atoms with E-state index in [1.807, 2.05) is 0 Å². The lowest BCUT2D eigenvalue weighted by molar-refractivity contribution is -0.139. The summed E-state index contributed by atoms with van der Waals surface area (Å²) in [6.45, 7) is 2.07. The van der Waals surface area contributed by atoms with Crippen molar-refractivity contribution in [1.29, 1.82) is 0 Å². The number of hydrogen-bond donors (Lipinski definition) is 3. The molecule has 0 saturated carbocycles. The summed E-state index contributed by atoms with van der Waals surface area (Å²) in [6.07, 6.45) is -3.65. The molecule has 0 aliphatic carbocycles. The molecule has 0 saturated heterocycles. The Kier molecular flexibility index (Phi) is 7.68. The lowest BCUT2D eigenvalue weighted by atomic mass is 10.0. The van der Waals surface area contributed by atoms with Gasteiger partial charge in [-0.2, -0.15) is 13.2 Å². The van der Waals surface area contributed by atoms with Crippen molar-refractivity contribution in [3.05, 3.63) is 51.3 Å². The summed E-state index contributed by atoms with van der Waals surface area (Å²) in [5, 5.41) is 14.9. The smallest absolute Gasteiger partial charge is 0.391 e. The van der Waals surface area contributed by atoms with Crippen LogP contribution < -0.4 is 10.6 Å². The SMILES string of the molecule is C[C@@H](CO)Nc1ncc2c(n1)CN(C(=O)NC(CC(F)(F)F)c1ccc(Cl)c(Cl)c1)CC2. The van der Waals surface area contributed by atoms with Gasteiger partial charge in [-0.1, -0.05) is 29.3 Å². The molecule has 0 fully saturated rings. The third kappa shape index (κ3) is 6.36. The normalized spacial score (nSPS) is 15.7. The zero-order valence-corrected chi connectivity index (χ0v) is 18.6. The Morgan fingerprint density at radius 1 is 1.31 bits per heavy atom. The minimum absolute atomic E-state index is 0.103. The van der Waals surface area contributed by atoms with Crippen LogP contribution in [0.25, 0.3) is 0 Å². The Morgan fingerprint density at radius 3 is 2.72 bits per heavy atom. The molecule has 2 atom stereocenters. The van der Waals surface area contributed by atoms with Crippen molar-refractivity contribution >= 4 is 35.2 Å². The van der Waals surface area contributed by atoms with Crippen LogP contribution in [0, 0.1) is 0 Å². The summed E-state index contributed by atoms with van der Waals surface area (Å²) in [5.41, 5.74) is 1.65. The second kappa shape index (κ2) is 10.1. The average Bonchev–Trinajstić information content (AvgIpc) is 2.73. The fourth-order valence-corrected chi connectivity index (χ4v) is 3.57. The molecule has 1 unspecified atom stereocenters. The number of amides is 2. The zero-order chi connectivity index (χ0) is 23.5. The molecule has 2 aromatic rings. The molecule has 0 radical (unpaired) electrons. The van der Waals surface area contributed by atoms with Crippen LogP contribution in [0.5, 0.6) is 0 Å². The van der Waals surface area contributed by atoms with Crippen molar-refractivity contribution in [1.82, 2.24) is 20.2 Å². The summed E-state index contributed by atoms with van der Waals surface area (Å²) in [7, 11) is 0. The Labute approximate surface area is 192 Å². The van der Waals surface area contributed by atoms with Crippen LogP contribution >= 0.6 is 23.2 Å². The van der Waals surface area contributed by atoms with Gasteiger partial charge in [0.05, 0.1) is 41.4 Å². The standard InChI is InChI=1S/C20H22Cl2F3N5O2/c1-11(10-31)27-18-26-8-13-4-5-30(9-17(13)28-18)19(32)29-16(7-20(23,24)25)12-2-3-14(21)15(22)6-12/h2-3,6,8,11,16,31H,4-5,7,9-10H2,1H3,(H,29,32)(H,26,27,28)/t11-,16?/m0/s1. The number of nitrogens with one attached hydrogen (secondary N) is 2. The van der Waals surface area contributed by atoms with E-state index in [0.29, 0.717) is 24.6 Å². The minimum atomic E-state index is -4.50. The topological polar surface area (TPSA) is 90.4 Å². The number of carbonyl (C=O) groups excluding carboxylic acids is 1. The third-order valence-corrected chi connectivity index (χ3v) is 5.70. The van der Waals surface area contributed by atoms with Gasteiger partial charge in [0.2, 0.25) is 5.95 Å². The van der Waals surface area contributed by atoms with Gasteiger partial charge < -0.3 is 20.6 Å².